The van der Waals surface area contributed by atoms with Crippen LogP contribution in [-0.2, 0) is 7.05 Å². The van der Waals surface area contributed by atoms with Gasteiger partial charge in [-0.1, -0.05) is 18.2 Å². The van der Waals surface area contributed by atoms with Gasteiger partial charge in [0.05, 0.1) is 5.69 Å². The van der Waals surface area contributed by atoms with E-state index in [4.69, 9.17) is 0 Å². The van der Waals surface area contributed by atoms with E-state index in [9.17, 15) is 4.79 Å². The molecule has 3 aromatic heterocycles. The van der Waals surface area contributed by atoms with Gasteiger partial charge in [-0.3, -0.25) is 4.79 Å². The van der Waals surface area contributed by atoms with E-state index in [0.29, 0.717) is 18.8 Å². The molecule has 1 aliphatic heterocycles. The third-order valence-corrected chi connectivity index (χ3v) is 6.22. The average molecular weight is 404 g/mol. The molecule has 0 aliphatic carbocycles. The number of benzene rings is 1. The Balaban J connectivity index is 1.32. The topological polar surface area (TPSA) is 67.2 Å². The van der Waals surface area contributed by atoms with Crippen LogP contribution in [-0.4, -0.2) is 56.5 Å². The zero-order valence-corrected chi connectivity index (χ0v) is 16.8. The second kappa shape index (κ2) is 7.29. The van der Waals surface area contributed by atoms with Gasteiger partial charge in [0.15, 0.2) is 0 Å². The Morgan fingerprint density at radius 2 is 1.93 bits per heavy atom. The number of carbonyl (C=O) groups is 1. The molecule has 0 bridgehead atoms. The van der Waals surface area contributed by atoms with Crippen LogP contribution in [0.5, 0.6) is 0 Å². The van der Waals surface area contributed by atoms with E-state index in [1.54, 1.807) is 12.5 Å². The van der Waals surface area contributed by atoms with Crippen LogP contribution in [0.1, 0.15) is 10.5 Å². The fourth-order valence-electron chi connectivity index (χ4n) is 3.76. The minimum atomic E-state index is -0.00592. The second-order valence-electron chi connectivity index (χ2n) is 7.03. The fourth-order valence-corrected chi connectivity index (χ4v) is 4.60. The number of nitrogens with zero attached hydrogens (tertiary/aromatic N) is 6. The van der Waals surface area contributed by atoms with Crippen LogP contribution < -0.4 is 4.90 Å². The number of rotatable bonds is 3. The molecule has 0 saturated carbocycles. The summed E-state index contributed by atoms with van der Waals surface area (Å²) in [5.41, 5.74) is 2.71. The van der Waals surface area contributed by atoms with Gasteiger partial charge in [0, 0.05) is 55.7 Å². The van der Waals surface area contributed by atoms with E-state index < -0.39 is 0 Å². The summed E-state index contributed by atoms with van der Waals surface area (Å²) in [6, 6.07) is 12.3. The van der Waals surface area contributed by atoms with Crippen molar-refractivity contribution in [3.05, 3.63) is 60.0 Å². The highest BCUT2D eigenvalue weighted by Crippen LogP contribution is 2.30. The van der Waals surface area contributed by atoms with Crippen molar-refractivity contribution in [2.75, 3.05) is 31.1 Å². The Morgan fingerprint density at radius 3 is 2.69 bits per heavy atom. The number of fused-ring (bicyclic) bond motifs is 1. The molecule has 146 valence electrons. The summed E-state index contributed by atoms with van der Waals surface area (Å²) >= 11 is 1.51. The first-order valence-electron chi connectivity index (χ1n) is 9.51. The summed E-state index contributed by atoms with van der Waals surface area (Å²) in [6.07, 6.45) is 3.29. The molecule has 0 atom stereocenters. The lowest BCUT2D eigenvalue weighted by Gasteiger charge is -2.35. The molecule has 8 heteroatoms. The number of aromatic nitrogens is 4. The zero-order chi connectivity index (χ0) is 19.8. The predicted molar refractivity (Wildman–Crippen MR) is 114 cm³/mol. The summed E-state index contributed by atoms with van der Waals surface area (Å²) < 4.78 is 2.13. The molecule has 1 aliphatic rings. The van der Waals surface area contributed by atoms with E-state index in [1.165, 1.54) is 16.7 Å². The molecule has 5 rings (SSSR count). The third kappa shape index (κ3) is 3.25. The van der Waals surface area contributed by atoms with Gasteiger partial charge in [-0.2, -0.15) is 0 Å². The minimum absolute atomic E-state index is 0.00592. The van der Waals surface area contributed by atoms with Crippen molar-refractivity contribution >= 4 is 34.0 Å². The molecule has 1 aromatic carbocycles. The van der Waals surface area contributed by atoms with Crippen LogP contribution >= 0.6 is 11.3 Å². The lowest BCUT2D eigenvalue weighted by atomic mass is 10.2. The maximum atomic E-state index is 13.0. The number of amides is 1. The van der Waals surface area contributed by atoms with Crippen molar-refractivity contribution in [2.24, 2.45) is 7.05 Å². The van der Waals surface area contributed by atoms with Crippen LogP contribution in [0.25, 0.3) is 21.6 Å². The minimum Gasteiger partial charge on any atom is -0.353 e. The Bertz CT molecular complexity index is 1160. The van der Waals surface area contributed by atoms with E-state index in [1.807, 2.05) is 35.5 Å². The monoisotopic (exact) mass is 404 g/mol. The molecule has 4 aromatic rings. The molecular formula is C21H20N6OS. The van der Waals surface area contributed by atoms with Gasteiger partial charge in [0.25, 0.3) is 5.91 Å². The third-order valence-electron chi connectivity index (χ3n) is 5.35. The molecule has 0 unspecified atom stereocenters. The summed E-state index contributed by atoms with van der Waals surface area (Å²) in [5, 5.41) is 3.91. The molecule has 0 N–H and O–H groups in total. The first kappa shape index (κ1) is 17.8. The maximum Gasteiger partial charge on any atom is 0.273 e. The van der Waals surface area contributed by atoms with Crippen LogP contribution in [0.15, 0.2) is 54.3 Å². The molecule has 7 nitrogen and oxygen atoms in total. The highest BCUT2D eigenvalue weighted by molar-refractivity contribution is 7.13. The average Bonchev–Trinajstić information content (AvgIpc) is 3.39. The van der Waals surface area contributed by atoms with Crippen molar-refractivity contribution in [2.45, 2.75) is 0 Å². The van der Waals surface area contributed by atoms with E-state index in [-0.39, 0.29) is 5.91 Å². The zero-order valence-electron chi connectivity index (χ0n) is 16.0. The lowest BCUT2D eigenvalue weighted by Crippen LogP contribution is -2.49. The molecule has 0 spiro atoms. The Morgan fingerprint density at radius 1 is 1.10 bits per heavy atom. The summed E-state index contributed by atoms with van der Waals surface area (Å²) in [5.74, 6) is 0.896. The molecule has 0 radical (unpaired) electrons. The van der Waals surface area contributed by atoms with Crippen molar-refractivity contribution in [1.29, 1.82) is 0 Å². The standard InChI is InChI=1S/C21H20N6OS/c1-25-17-5-3-2-4-15(17)12-18(25)20-24-16(13-29-20)21(28)27-10-8-26(9-11-27)19-6-7-22-14-23-19/h2-7,12-14H,8-11H2,1H3. The van der Waals surface area contributed by atoms with E-state index >= 15 is 0 Å². The highest BCUT2D eigenvalue weighted by atomic mass is 32.1. The predicted octanol–water partition coefficient (Wildman–Crippen LogP) is 3.05. The van der Waals surface area contributed by atoms with Gasteiger partial charge in [-0.15, -0.1) is 11.3 Å². The number of piperazine rings is 1. The number of hydrogen-bond donors (Lipinski definition) is 0. The van der Waals surface area contributed by atoms with Gasteiger partial charge < -0.3 is 14.4 Å². The Labute approximate surface area is 172 Å². The molecule has 1 amide bonds. The first-order valence-corrected chi connectivity index (χ1v) is 10.4. The van der Waals surface area contributed by atoms with Crippen molar-refractivity contribution in [3.63, 3.8) is 0 Å². The molecule has 1 saturated heterocycles. The molecule has 1 fully saturated rings. The number of hydrogen-bond acceptors (Lipinski definition) is 6. The summed E-state index contributed by atoms with van der Waals surface area (Å²) in [7, 11) is 2.03. The van der Waals surface area contributed by atoms with Crippen molar-refractivity contribution in [3.8, 4) is 10.7 Å². The SMILES string of the molecule is Cn1c(-c2nc(C(=O)N3CCN(c4ccncn4)CC3)cs2)cc2ccccc21. The van der Waals surface area contributed by atoms with E-state index in [2.05, 4.69) is 42.6 Å². The maximum absolute atomic E-state index is 13.0. The second-order valence-corrected chi connectivity index (χ2v) is 7.89. The molecule has 4 heterocycles. The number of para-hydroxylation sites is 1. The van der Waals surface area contributed by atoms with Crippen molar-refractivity contribution in [1.82, 2.24) is 24.4 Å². The van der Waals surface area contributed by atoms with Gasteiger partial charge in [-0.25, -0.2) is 15.0 Å². The van der Waals surface area contributed by atoms with Gasteiger partial charge in [0.1, 0.15) is 22.8 Å². The summed E-state index contributed by atoms with van der Waals surface area (Å²) in [4.78, 5) is 29.9. The van der Waals surface area contributed by atoms with Crippen LogP contribution in [0.3, 0.4) is 0 Å². The van der Waals surface area contributed by atoms with Gasteiger partial charge in [-0.05, 0) is 18.2 Å². The Kier molecular flexibility index (Phi) is 4.48. The van der Waals surface area contributed by atoms with Crippen LogP contribution in [0, 0.1) is 0 Å². The molecular weight excluding hydrogens is 384 g/mol. The molecule has 29 heavy (non-hydrogen) atoms. The van der Waals surface area contributed by atoms with Gasteiger partial charge in [0.2, 0.25) is 0 Å². The summed E-state index contributed by atoms with van der Waals surface area (Å²) in [6.45, 7) is 2.82. The first-order chi connectivity index (χ1) is 14.2. The van der Waals surface area contributed by atoms with Crippen LogP contribution in [0.2, 0.25) is 0 Å². The number of anilines is 1. The fraction of sp³-hybridized carbons (Fsp3) is 0.238. The Hall–Kier alpha value is -3.26. The van der Waals surface area contributed by atoms with E-state index in [0.717, 1.165) is 35.1 Å². The smallest absolute Gasteiger partial charge is 0.273 e. The quantitative estimate of drug-likeness (QED) is 0.525. The number of carbonyl (C=O) groups excluding carboxylic acids is 1. The highest BCUT2D eigenvalue weighted by Gasteiger charge is 2.25. The normalized spacial score (nSPS) is 14.5. The lowest BCUT2D eigenvalue weighted by molar-refractivity contribution is 0.0741. The number of aryl methyl sites for hydroxylation is 1. The van der Waals surface area contributed by atoms with Crippen LogP contribution in [0.4, 0.5) is 5.82 Å². The van der Waals surface area contributed by atoms with Gasteiger partial charge >= 0.3 is 0 Å². The largest absolute Gasteiger partial charge is 0.353 e. The van der Waals surface area contributed by atoms with Crippen molar-refractivity contribution < 1.29 is 4.79 Å². The number of thiazole rings is 1.